The molecule has 0 unspecified atom stereocenters. The summed E-state index contributed by atoms with van der Waals surface area (Å²) in [6.07, 6.45) is 1.75. The number of aromatic nitrogens is 2. The molecular weight excluding hydrogens is 378 g/mol. The Balaban J connectivity index is 1.69. The highest BCUT2D eigenvalue weighted by Crippen LogP contribution is 2.30. The van der Waals surface area contributed by atoms with Crippen LogP contribution in [0, 0.1) is 11.6 Å². The summed E-state index contributed by atoms with van der Waals surface area (Å²) in [5.74, 6) is -0.493. The number of anilines is 2. The van der Waals surface area contributed by atoms with Gasteiger partial charge in [0.25, 0.3) is 0 Å². The van der Waals surface area contributed by atoms with Crippen molar-refractivity contribution in [3.8, 4) is 17.0 Å². The van der Waals surface area contributed by atoms with Crippen LogP contribution >= 0.6 is 0 Å². The first-order valence-corrected chi connectivity index (χ1v) is 8.70. The standard InChI is InChI=1S/C21H16F2N4O2/c1-29-15-8-5-13(6-9-15)19-20(27-11-3-2-4-18(27)25-19)26-21(28)24-17-10-7-14(22)12-16(17)23/h2-12H,1H3,(H2,24,26,28). The molecule has 2 N–H and O–H groups in total. The van der Waals surface area contributed by atoms with Crippen LogP contribution in [0.3, 0.4) is 0 Å². The summed E-state index contributed by atoms with van der Waals surface area (Å²) in [6.45, 7) is 0. The van der Waals surface area contributed by atoms with E-state index < -0.39 is 17.7 Å². The zero-order valence-corrected chi connectivity index (χ0v) is 15.3. The number of hydrogen-bond donors (Lipinski definition) is 2. The monoisotopic (exact) mass is 394 g/mol. The molecule has 0 aliphatic carbocycles. The maximum atomic E-state index is 13.8. The van der Waals surface area contributed by atoms with E-state index in [4.69, 9.17) is 4.74 Å². The normalized spacial score (nSPS) is 10.7. The fourth-order valence-electron chi connectivity index (χ4n) is 2.92. The number of halogens is 2. The number of hydrogen-bond acceptors (Lipinski definition) is 3. The van der Waals surface area contributed by atoms with Gasteiger partial charge in [-0.15, -0.1) is 0 Å². The van der Waals surface area contributed by atoms with Crippen LogP contribution in [-0.4, -0.2) is 22.5 Å². The van der Waals surface area contributed by atoms with Crippen molar-refractivity contribution < 1.29 is 18.3 Å². The molecule has 0 aliphatic rings. The van der Waals surface area contributed by atoms with E-state index in [9.17, 15) is 13.6 Å². The third kappa shape index (κ3) is 3.73. The van der Waals surface area contributed by atoms with Gasteiger partial charge in [-0.3, -0.25) is 9.72 Å². The number of carbonyl (C=O) groups is 1. The lowest BCUT2D eigenvalue weighted by atomic mass is 10.1. The average molecular weight is 394 g/mol. The maximum absolute atomic E-state index is 13.8. The summed E-state index contributed by atoms with van der Waals surface area (Å²) in [4.78, 5) is 17.1. The fourth-order valence-corrected chi connectivity index (χ4v) is 2.92. The van der Waals surface area contributed by atoms with Crippen LogP contribution in [0.25, 0.3) is 16.9 Å². The lowest BCUT2D eigenvalue weighted by Gasteiger charge is -2.10. The molecule has 4 rings (SSSR count). The molecule has 2 aromatic carbocycles. The minimum atomic E-state index is -0.867. The summed E-state index contributed by atoms with van der Waals surface area (Å²) in [5.41, 5.74) is 1.79. The number of urea groups is 1. The predicted molar refractivity (Wildman–Crippen MR) is 106 cm³/mol. The number of pyridine rings is 1. The summed E-state index contributed by atoms with van der Waals surface area (Å²) in [6, 6.07) is 14.9. The van der Waals surface area contributed by atoms with E-state index in [1.807, 2.05) is 18.2 Å². The van der Waals surface area contributed by atoms with Crippen molar-refractivity contribution in [3.05, 3.63) is 78.5 Å². The summed E-state index contributed by atoms with van der Waals surface area (Å²) >= 11 is 0. The lowest BCUT2D eigenvalue weighted by molar-refractivity contribution is 0.262. The number of rotatable bonds is 4. The molecule has 0 spiro atoms. The van der Waals surface area contributed by atoms with Gasteiger partial charge >= 0.3 is 6.03 Å². The number of amides is 2. The van der Waals surface area contributed by atoms with Crippen molar-refractivity contribution in [1.82, 2.24) is 9.38 Å². The van der Waals surface area contributed by atoms with Gasteiger partial charge in [0.2, 0.25) is 0 Å². The van der Waals surface area contributed by atoms with Gasteiger partial charge < -0.3 is 10.1 Å². The number of nitrogens with zero attached hydrogens (tertiary/aromatic N) is 2. The highest BCUT2D eigenvalue weighted by molar-refractivity contribution is 6.01. The van der Waals surface area contributed by atoms with Gasteiger partial charge in [0, 0.05) is 17.8 Å². The van der Waals surface area contributed by atoms with Crippen molar-refractivity contribution in [1.29, 1.82) is 0 Å². The first-order valence-electron chi connectivity index (χ1n) is 8.70. The Morgan fingerprint density at radius 1 is 1.03 bits per heavy atom. The molecule has 6 nitrogen and oxygen atoms in total. The minimum Gasteiger partial charge on any atom is -0.497 e. The quantitative estimate of drug-likeness (QED) is 0.516. The van der Waals surface area contributed by atoms with Gasteiger partial charge in [0.15, 0.2) is 0 Å². The van der Waals surface area contributed by atoms with E-state index in [1.165, 1.54) is 0 Å². The molecule has 0 fully saturated rings. The third-order valence-corrected chi connectivity index (χ3v) is 4.30. The number of nitrogens with one attached hydrogen (secondary N) is 2. The molecule has 0 bridgehead atoms. The number of methoxy groups -OCH3 is 1. The zero-order valence-electron chi connectivity index (χ0n) is 15.3. The molecule has 0 saturated heterocycles. The third-order valence-electron chi connectivity index (χ3n) is 4.30. The Kier molecular flexibility index (Phi) is 4.82. The molecule has 146 valence electrons. The average Bonchev–Trinajstić information content (AvgIpc) is 3.08. The molecule has 8 heteroatoms. The van der Waals surface area contributed by atoms with E-state index in [0.717, 1.165) is 17.7 Å². The number of carbonyl (C=O) groups excluding carboxylic acids is 1. The Labute approximate surface area is 164 Å². The van der Waals surface area contributed by atoms with Crippen molar-refractivity contribution in [2.24, 2.45) is 0 Å². The van der Waals surface area contributed by atoms with E-state index in [0.29, 0.717) is 29.0 Å². The molecule has 0 atom stereocenters. The van der Waals surface area contributed by atoms with Crippen LogP contribution in [-0.2, 0) is 0 Å². The Morgan fingerprint density at radius 3 is 2.55 bits per heavy atom. The van der Waals surface area contributed by atoms with Gasteiger partial charge in [0.05, 0.1) is 12.8 Å². The van der Waals surface area contributed by atoms with Gasteiger partial charge in [-0.05, 0) is 48.5 Å². The highest BCUT2D eigenvalue weighted by Gasteiger charge is 2.17. The second kappa shape index (κ2) is 7.59. The molecule has 29 heavy (non-hydrogen) atoms. The topological polar surface area (TPSA) is 67.7 Å². The first-order chi connectivity index (χ1) is 14.0. The molecular formula is C21H16F2N4O2. The largest absolute Gasteiger partial charge is 0.497 e. The van der Waals surface area contributed by atoms with Crippen molar-refractivity contribution in [2.75, 3.05) is 17.7 Å². The van der Waals surface area contributed by atoms with Crippen molar-refractivity contribution in [3.63, 3.8) is 0 Å². The molecule has 0 saturated carbocycles. The van der Waals surface area contributed by atoms with Crippen LogP contribution in [0.2, 0.25) is 0 Å². The molecule has 4 aromatic rings. The van der Waals surface area contributed by atoms with Gasteiger partial charge in [-0.2, -0.15) is 0 Å². The Bertz CT molecular complexity index is 1190. The van der Waals surface area contributed by atoms with Gasteiger partial charge in [-0.25, -0.2) is 18.6 Å². The maximum Gasteiger partial charge on any atom is 0.324 e. The van der Waals surface area contributed by atoms with Crippen LogP contribution in [0.5, 0.6) is 5.75 Å². The Morgan fingerprint density at radius 2 is 1.83 bits per heavy atom. The molecule has 0 radical (unpaired) electrons. The van der Waals surface area contributed by atoms with Crippen LogP contribution < -0.4 is 15.4 Å². The fraction of sp³-hybridized carbons (Fsp3) is 0.0476. The van der Waals surface area contributed by atoms with E-state index in [1.54, 1.807) is 42.0 Å². The number of imidazole rings is 1. The molecule has 2 aromatic heterocycles. The summed E-state index contributed by atoms with van der Waals surface area (Å²) in [5, 5.41) is 5.09. The summed E-state index contributed by atoms with van der Waals surface area (Å²) in [7, 11) is 1.58. The number of fused-ring (bicyclic) bond motifs is 1. The van der Waals surface area contributed by atoms with Gasteiger partial charge in [0.1, 0.15) is 34.5 Å². The smallest absolute Gasteiger partial charge is 0.324 e. The van der Waals surface area contributed by atoms with Crippen LogP contribution in [0.4, 0.5) is 25.1 Å². The van der Waals surface area contributed by atoms with E-state index in [2.05, 4.69) is 15.6 Å². The first kappa shape index (κ1) is 18.4. The van der Waals surface area contributed by atoms with Crippen molar-refractivity contribution >= 4 is 23.2 Å². The molecule has 2 heterocycles. The minimum absolute atomic E-state index is 0.135. The molecule has 2 amide bonds. The SMILES string of the molecule is COc1ccc(-c2nc3ccccn3c2NC(=O)Nc2ccc(F)cc2F)cc1. The second-order valence-corrected chi connectivity index (χ2v) is 6.17. The Hall–Kier alpha value is -3.94. The van der Waals surface area contributed by atoms with Crippen LogP contribution in [0.15, 0.2) is 66.9 Å². The predicted octanol–water partition coefficient (Wildman–Crippen LogP) is 4.93. The second-order valence-electron chi connectivity index (χ2n) is 6.17. The zero-order chi connectivity index (χ0) is 20.4. The highest BCUT2D eigenvalue weighted by atomic mass is 19.1. The number of benzene rings is 2. The number of ether oxygens (including phenoxy) is 1. The molecule has 0 aliphatic heterocycles. The van der Waals surface area contributed by atoms with Crippen LogP contribution in [0.1, 0.15) is 0 Å². The van der Waals surface area contributed by atoms with E-state index >= 15 is 0 Å². The lowest BCUT2D eigenvalue weighted by Crippen LogP contribution is -2.21. The van der Waals surface area contributed by atoms with Gasteiger partial charge in [-0.1, -0.05) is 6.07 Å². The summed E-state index contributed by atoms with van der Waals surface area (Å²) < 4.78 is 33.8. The van der Waals surface area contributed by atoms with E-state index in [-0.39, 0.29) is 5.69 Å². The van der Waals surface area contributed by atoms with Crippen molar-refractivity contribution in [2.45, 2.75) is 0 Å².